The van der Waals surface area contributed by atoms with E-state index in [4.69, 9.17) is 9.47 Å². The lowest BCUT2D eigenvalue weighted by atomic mass is 10.2. The van der Waals surface area contributed by atoms with Gasteiger partial charge in [0.15, 0.2) is 0 Å². The highest BCUT2D eigenvalue weighted by Crippen LogP contribution is 2.28. The van der Waals surface area contributed by atoms with E-state index in [1.54, 1.807) is 18.5 Å². The fourth-order valence-electron chi connectivity index (χ4n) is 3.07. The SMILES string of the molecule is CC(F)(F)Cn1cc(-c2cc3ncccc3c(OC[C@@H]3CNCCO3)n2)cn1. The van der Waals surface area contributed by atoms with Gasteiger partial charge in [-0.05, 0) is 18.2 Å². The topological polar surface area (TPSA) is 74.1 Å². The third-order valence-corrected chi connectivity index (χ3v) is 4.34. The number of hydrogen-bond acceptors (Lipinski definition) is 6. The van der Waals surface area contributed by atoms with Gasteiger partial charge < -0.3 is 14.8 Å². The molecule has 1 aliphatic heterocycles. The van der Waals surface area contributed by atoms with Crippen LogP contribution in [0.4, 0.5) is 8.78 Å². The number of pyridine rings is 2. The van der Waals surface area contributed by atoms with Crippen molar-refractivity contribution in [1.29, 1.82) is 0 Å². The van der Waals surface area contributed by atoms with E-state index in [0.29, 0.717) is 42.4 Å². The van der Waals surface area contributed by atoms with Crippen molar-refractivity contribution in [2.24, 2.45) is 0 Å². The van der Waals surface area contributed by atoms with E-state index in [2.05, 4.69) is 20.4 Å². The zero-order valence-electron chi connectivity index (χ0n) is 15.4. The van der Waals surface area contributed by atoms with Gasteiger partial charge in [0.05, 0.1) is 29.4 Å². The van der Waals surface area contributed by atoms with Crippen LogP contribution in [0, 0.1) is 0 Å². The smallest absolute Gasteiger partial charge is 0.264 e. The molecule has 0 unspecified atom stereocenters. The molecule has 1 atom stereocenters. The second-order valence-corrected chi connectivity index (χ2v) is 6.89. The Morgan fingerprint density at radius 2 is 2.32 bits per heavy atom. The maximum atomic E-state index is 13.2. The van der Waals surface area contributed by atoms with Gasteiger partial charge in [0.2, 0.25) is 5.88 Å². The van der Waals surface area contributed by atoms with Crippen LogP contribution >= 0.6 is 0 Å². The molecule has 7 nitrogen and oxygen atoms in total. The van der Waals surface area contributed by atoms with E-state index in [1.165, 1.54) is 10.9 Å². The molecule has 1 aliphatic rings. The Labute approximate surface area is 160 Å². The molecule has 28 heavy (non-hydrogen) atoms. The van der Waals surface area contributed by atoms with Crippen molar-refractivity contribution < 1.29 is 18.3 Å². The van der Waals surface area contributed by atoms with E-state index < -0.39 is 12.5 Å². The summed E-state index contributed by atoms with van der Waals surface area (Å²) >= 11 is 0. The first-order valence-electron chi connectivity index (χ1n) is 9.09. The van der Waals surface area contributed by atoms with Crippen LogP contribution in [0.2, 0.25) is 0 Å². The van der Waals surface area contributed by atoms with Crippen LogP contribution in [0.3, 0.4) is 0 Å². The number of morpholine rings is 1. The van der Waals surface area contributed by atoms with Crippen LogP contribution in [0.1, 0.15) is 6.92 Å². The minimum Gasteiger partial charge on any atom is -0.474 e. The normalized spacial score (nSPS) is 17.8. The molecule has 0 aliphatic carbocycles. The standard InChI is InChI=1S/C19H21F2N5O2/c1-19(20,21)12-26-10-13(8-24-26)16-7-17-15(3-2-4-23-17)18(25-16)28-11-14-9-22-5-6-27-14/h2-4,7-8,10,14,22H,5-6,9,11-12H2,1H3/t14-/m0/s1. The van der Waals surface area contributed by atoms with Gasteiger partial charge in [-0.2, -0.15) is 5.10 Å². The summed E-state index contributed by atoms with van der Waals surface area (Å²) in [4.78, 5) is 8.96. The second kappa shape index (κ2) is 7.76. The monoisotopic (exact) mass is 389 g/mol. The Kier molecular flexibility index (Phi) is 5.19. The second-order valence-electron chi connectivity index (χ2n) is 6.89. The van der Waals surface area contributed by atoms with Crippen molar-refractivity contribution in [3.05, 3.63) is 36.8 Å². The third kappa shape index (κ3) is 4.42. The molecular weight excluding hydrogens is 368 g/mol. The number of ether oxygens (including phenoxy) is 2. The summed E-state index contributed by atoms with van der Waals surface area (Å²) in [5.74, 6) is -2.41. The number of nitrogens with one attached hydrogen (secondary N) is 1. The molecule has 0 aromatic carbocycles. The predicted molar refractivity (Wildman–Crippen MR) is 99.5 cm³/mol. The van der Waals surface area contributed by atoms with Crippen molar-refractivity contribution in [1.82, 2.24) is 25.1 Å². The lowest BCUT2D eigenvalue weighted by Gasteiger charge is -2.23. The van der Waals surface area contributed by atoms with Crippen molar-refractivity contribution >= 4 is 10.9 Å². The number of halogens is 2. The van der Waals surface area contributed by atoms with Gasteiger partial charge in [0.25, 0.3) is 5.92 Å². The highest BCUT2D eigenvalue weighted by Gasteiger charge is 2.23. The Morgan fingerprint density at radius 3 is 3.11 bits per heavy atom. The summed E-state index contributed by atoms with van der Waals surface area (Å²) in [5, 5.41) is 8.05. The number of aromatic nitrogens is 4. The van der Waals surface area contributed by atoms with Gasteiger partial charge in [0, 0.05) is 38.0 Å². The van der Waals surface area contributed by atoms with Gasteiger partial charge in [-0.25, -0.2) is 13.8 Å². The molecule has 1 fully saturated rings. The molecule has 4 rings (SSSR count). The number of hydrogen-bond donors (Lipinski definition) is 1. The molecule has 0 saturated carbocycles. The highest BCUT2D eigenvalue weighted by molar-refractivity contribution is 5.86. The van der Waals surface area contributed by atoms with Crippen LogP contribution in [-0.4, -0.2) is 58.1 Å². The summed E-state index contributed by atoms with van der Waals surface area (Å²) < 4.78 is 39.3. The molecule has 0 bridgehead atoms. The fourth-order valence-corrected chi connectivity index (χ4v) is 3.07. The van der Waals surface area contributed by atoms with Crippen LogP contribution in [0.25, 0.3) is 22.2 Å². The van der Waals surface area contributed by atoms with Gasteiger partial charge in [-0.1, -0.05) is 0 Å². The lowest BCUT2D eigenvalue weighted by molar-refractivity contribution is -0.000375. The Bertz CT molecular complexity index is 951. The van der Waals surface area contributed by atoms with E-state index in [-0.39, 0.29) is 6.10 Å². The zero-order valence-corrected chi connectivity index (χ0v) is 15.4. The lowest BCUT2D eigenvalue weighted by Crippen LogP contribution is -2.41. The van der Waals surface area contributed by atoms with Crippen molar-refractivity contribution in [3.63, 3.8) is 0 Å². The number of nitrogens with zero attached hydrogens (tertiary/aromatic N) is 4. The van der Waals surface area contributed by atoms with E-state index in [1.807, 2.05) is 12.1 Å². The fraction of sp³-hybridized carbons (Fsp3) is 0.421. The first-order chi connectivity index (χ1) is 13.5. The minimum absolute atomic E-state index is 0.0551. The molecule has 1 N–H and O–H groups in total. The first-order valence-corrected chi connectivity index (χ1v) is 9.09. The molecule has 3 aromatic heterocycles. The summed E-state index contributed by atoms with van der Waals surface area (Å²) in [6, 6.07) is 5.50. The average molecular weight is 389 g/mol. The molecule has 3 aromatic rings. The molecule has 4 heterocycles. The zero-order chi connectivity index (χ0) is 19.6. The Hall–Kier alpha value is -2.65. The van der Waals surface area contributed by atoms with Gasteiger partial charge in [-0.15, -0.1) is 0 Å². The maximum absolute atomic E-state index is 13.2. The van der Waals surface area contributed by atoms with Crippen molar-refractivity contribution in [3.8, 4) is 17.1 Å². The Balaban J connectivity index is 1.62. The Morgan fingerprint density at radius 1 is 1.43 bits per heavy atom. The van der Waals surface area contributed by atoms with Crippen LogP contribution in [0.5, 0.6) is 5.88 Å². The molecule has 1 saturated heterocycles. The maximum Gasteiger partial charge on any atom is 0.264 e. The summed E-state index contributed by atoms with van der Waals surface area (Å²) in [6.07, 6.45) is 4.69. The molecule has 0 spiro atoms. The van der Waals surface area contributed by atoms with Crippen molar-refractivity contribution in [2.45, 2.75) is 25.5 Å². The molecule has 148 valence electrons. The van der Waals surface area contributed by atoms with Crippen LogP contribution in [0.15, 0.2) is 36.8 Å². The van der Waals surface area contributed by atoms with E-state index in [0.717, 1.165) is 18.9 Å². The third-order valence-electron chi connectivity index (χ3n) is 4.34. The summed E-state index contributed by atoms with van der Waals surface area (Å²) in [6.45, 7) is 2.92. The van der Waals surface area contributed by atoms with Crippen LogP contribution in [-0.2, 0) is 11.3 Å². The van der Waals surface area contributed by atoms with Crippen molar-refractivity contribution in [2.75, 3.05) is 26.3 Å². The number of rotatable bonds is 6. The largest absolute Gasteiger partial charge is 0.474 e. The minimum atomic E-state index is -2.84. The average Bonchev–Trinajstić information content (AvgIpc) is 3.13. The number of alkyl halides is 2. The van der Waals surface area contributed by atoms with E-state index in [9.17, 15) is 8.78 Å². The molecule has 0 radical (unpaired) electrons. The molecular formula is C19H21F2N5O2. The highest BCUT2D eigenvalue weighted by atomic mass is 19.3. The first kappa shape index (κ1) is 18.7. The molecule has 0 amide bonds. The predicted octanol–water partition coefficient (Wildman–Crippen LogP) is 2.52. The van der Waals surface area contributed by atoms with Gasteiger partial charge in [0.1, 0.15) is 19.3 Å². The molecule has 9 heteroatoms. The van der Waals surface area contributed by atoms with Gasteiger partial charge >= 0.3 is 0 Å². The van der Waals surface area contributed by atoms with Crippen LogP contribution < -0.4 is 10.1 Å². The number of fused-ring (bicyclic) bond motifs is 1. The summed E-state index contributed by atoms with van der Waals surface area (Å²) in [5.41, 5.74) is 1.89. The summed E-state index contributed by atoms with van der Waals surface area (Å²) in [7, 11) is 0. The van der Waals surface area contributed by atoms with Gasteiger partial charge in [-0.3, -0.25) is 9.67 Å². The quantitative estimate of drug-likeness (QED) is 0.698. The van der Waals surface area contributed by atoms with E-state index >= 15 is 0 Å².